The number of fused-ring (bicyclic) bond motifs is 1. The van der Waals surface area contributed by atoms with E-state index >= 15 is 0 Å². The fourth-order valence-corrected chi connectivity index (χ4v) is 3.42. The zero-order chi connectivity index (χ0) is 14.2. The molecule has 2 fully saturated rings. The molecule has 5 nitrogen and oxygen atoms in total. The van der Waals surface area contributed by atoms with E-state index in [0.29, 0.717) is 11.8 Å². The van der Waals surface area contributed by atoms with Crippen LogP contribution in [-0.4, -0.2) is 35.7 Å². The van der Waals surface area contributed by atoms with E-state index in [-0.39, 0.29) is 5.91 Å². The highest BCUT2D eigenvalue weighted by molar-refractivity contribution is 5.79. The number of hydrogen-bond acceptors (Lipinski definition) is 4. The number of nitrogens with zero attached hydrogens (tertiary/aromatic N) is 3. The summed E-state index contributed by atoms with van der Waals surface area (Å²) in [6, 6.07) is 2.21. The van der Waals surface area contributed by atoms with Crippen LogP contribution in [0.4, 0.5) is 5.82 Å². The standard InChI is InChI=1S/C16H22N4O/c21-16(12-3-1-4-12)17-8-11-9-20(10-11)15-7-13-5-2-6-14(13)18-19-15/h7,11-12H,1-6,8-10H2,(H,17,21). The zero-order valence-electron chi connectivity index (χ0n) is 12.3. The molecule has 0 spiro atoms. The number of amides is 1. The lowest BCUT2D eigenvalue weighted by Crippen LogP contribution is -2.52. The molecular formula is C16H22N4O. The molecule has 2 aliphatic carbocycles. The predicted octanol–water partition coefficient (Wildman–Crippen LogP) is 1.32. The second-order valence-corrected chi connectivity index (χ2v) is 6.67. The molecule has 0 bridgehead atoms. The second kappa shape index (κ2) is 5.28. The van der Waals surface area contributed by atoms with Gasteiger partial charge < -0.3 is 10.2 Å². The average molecular weight is 286 g/mol. The Kier molecular flexibility index (Phi) is 3.28. The summed E-state index contributed by atoms with van der Waals surface area (Å²) in [6.45, 7) is 2.78. The van der Waals surface area contributed by atoms with Gasteiger partial charge in [-0.3, -0.25) is 4.79 Å². The molecule has 21 heavy (non-hydrogen) atoms. The van der Waals surface area contributed by atoms with Gasteiger partial charge >= 0.3 is 0 Å². The van der Waals surface area contributed by atoms with E-state index in [1.165, 1.54) is 24.1 Å². The van der Waals surface area contributed by atoms with Gasteiger partial charge in [-0.1, -0.05) is 6.42 Å². The van der Waals surface area contributed by atoms with Crippen LogP contribution >= 0.6 is 0 Å². The molecule has 1 amide bonds. The number of carbonyl (C=O) groups is 1. The molecule has 5 heteroatoms. The van der Waals surface area contributed by atoms with Gasteiger partial charge in [0.25, 0.3) is 0 Å². The summed E-state index contributed by atoms with van der Waals surface area (Å²) in [5, 5.41) is 11.8. The summed E-state index contributed by atoms with van der Waals surface area (Å²) in [6.07, 6.45) is 6.81. The maximum atomic E-state index is 11.8. The van der Waals surface area contributed by atoms with Gasteiger partial charge in [0.05, 0.1) is 5.69 Å². The molecule has 4 rings (SSSR count). The summed E-state index contributed by atoms with van der Waals surface area (Å²) >= 11 is 0. The Labute approximate surface area is 125 Å². The Morgan fingerprint density at radius 1 is 1.24 bits per heavy atom. The predicted molar refractivity (Wildman–Crippen MR) is 80.1 cm³/mol. The number of hydrogen-bond donors (Lipinski definition) is 1. The van der Waals surface area contributed by atoms with Gasteiger partial charge in [0, 0.05) is 31.5 Å². The Hall–Kier alpha value is -1.65. The number of rotatable bonds is 4. The van der Waals surface area contributed by atoms with Crippen LogP contribution in [0.2, 0.25) is 0 Å². The number of anilines is 1. The Morgan fingerprint density at radius 2 is 2.10 bits per heavy atom. The minimum Gasteiger partial charge on any atom is -0.355 e. The lowest BCUT2D eigenvalue weighted by Gasteiger charge is -2.40. The van der Waals surface area contributed by atoms with Gasteiger partial charge in [-0.05, 0) is 43.7 Å². The average Bonchev–Trinajstić information content (AvgIpc) is 2.82. The minimum absolute atomic E-state index is 0.261. The molecule has 112 valence electrons. The van der Waals surface area contributed by atoms with Crippen LogP contribution < -0.4 is 10.2 Å². The maximum Gasteiger partial charge on any atom is 0.223 e. The van der Waals surface area contributed by atoms with Crippen molar-refractivity contribution in [3.63, 3.8) is 0 Å². The first-order chi connectivity index (χ1) is 10.3. The summed E-state index contributed by atoms with van der Waals surface area (Å²) in [4.78, 5) is 14.1. The third kappa shape index (κ3) is 2.49. The van der Waals surface area contributed by atoms with Gasteiger partial charge in [0.2, 0.25) is 5.91 Å². The molecule has 0 atom stereocenters. The highest BCUT2D eigenvalue weighted by Crippen LogP contribution is 2.28. The summed E-state index contributed by atoms with van der Waals surface area (Å²) in [5.74, 6) is 2.13. The monoisotopic (exact) mass is 286 g/mol. The molecule has 1 aliphatic heterocycles. The van der Waals surface area contributed by atoms with Crippen molar-refractivity contribution in [1.82, 2.24) is 15.5 Å². The smallest absolute Gasteiger partial charge is 0.223 e. The zero-order valence-corrected chi connectivity index (χ0v) is 12.3. The Bertz CT molecular complexity index is 549. The first-order valence-corrected chi connectivity index (χ1v) is 8.18. The van der Waals surface area contributed by atoms with Crippen LogP contribution in [0, 0.1) is 11.8 Å². The molecule has 1 N–H and O–H groups in total. The fourth-order valence-electron chi connectivity index (χ4n) is 3.42. The number of nitrogens with one attached hydrogen (secondary N) is 1. The van der Waals surface area contributed by atoms with E-state index in [1.54, 1.807) is 0 Å². The second-order valence-electron chi connectivity index (χ2n) is 6.67. The summed E-state index contributed by atoms with van der Waals surface area (Å²) in [7, 11) is 0. The van der Waals surface area contributed by atoms with Gasteiger partial charge in [-0.25, -0.2) is 0 Å². The lowest BCUT2D eigenvalue weighted by atomic mass is 9.84. The molecule has 0 radical (unpaired) electrons. The first-order valence-electron chi connectivity index (χ1n) is 8.18. The van der Waals surface area contributed by atoms with Crippen molar-refractivity contribution >= 4 is 11.7 Å². The number of aryl methyl sites for hydroxylation is 2. The van der Waals surface area contributed by atoms with Gasteiger partial charge in [0.15, 0.2) is 5.82 Å². The lowest BCUT2D eigenvalue weighted by molar-refractivity contribution is -0.127. The van der Waals surface area contributed by atoms with Crippen LogP contribution in [0.25, 0.3) is 0 Å². The highest BCUT2D eigenvalue weighted by atomic mass is 16.1. The van der Waals surface area contributed by atoms with E-state index in [0.717, 1.165) is 51.1 Å². The minimum atomic E-state index is 0.261. The van der Waals surface area contributed by atoms with E-state index in [9.17, 15) is 4.79 Å². The van der Waals surface area contributed by atoms with Crippen molar-refractivity contribution in [2.45, 2.75) is 38.5 Å². The molecule has 0 unspecified atom stereocenters. The van der Waals surface area contributed by atoms with Gasteiger partial charge in [-0.15, -0.1) is 5.10 Å². The molecule has 1 aromatic heterocycles. The third-order valence-corrected chi connectivity index (χ3v) is 5.13. The normalized spacial score (nSPS) is 21.6. The number of aromatic nitrogens is 2. The summed E-state index contributed by atoms with van der Waals surface area (Å²) < 4.78 is 0. The SMILES string of the molecule is O=C(NCC1CN(c2cc3c(nn2)CCC3)C1)C1CCC1. The quantitative estimate of drug-likeness (QED) is 0.907. The molecule has 3 aliphatic rings. The van der Waals surface area contributed by atoms with Crippen molar-refractivity contribution in [1.29, 1.82) is 0 Å². The van der Waals surface area contributed by atoms with Crippen LogP contribution in [0.15, 0.2) is 6.07 Å². The fraction of sp³-hybridized carbons (Fsp3) is 0.688. The van der Waals surface area contributed by atoms with E-state index in [2.05, 4.69) is 26.5 Å². The van der Waals surface area contributed by atoms with Crippen molar-refractivity contribution in [2.75, 3.05) is 24.5 Å². The van der Waals surface area contributed by atoms with E-state index in [1.807, 2.05) is 0 Å². The third-order valence-electron chi connectivity index (χ3n) is 5.13. The van der Waals surface area contributed by atoms with Crippen molar-refractivity contribution in [3.8, 4) is 0 Å². The van der Waals surface area contributed by atoms with Gasteiger partial charge in [-0.2, -0.15) is 5.10 Å². The Balaban J connectivity index is 1.26. The molecule has 0 aromatic carbocycles. The van der Waals surface area contributed by atoms with Crippen LogP contribution in [-0.2, 0) is 17.6 Å². The molecule has 1 saturated heterocycles. The molecule has 1 aromatic rings. The largest absolute Gasteiger partial charge is 0.355 e. The summed E-state index contributed by atoms with van der Waals surface area (Å²) in [5.41, 5.74) is 2.56. The van der Waals surface area contributed by atoms with Crippen LogP contribution in [0.3, 0.4) is 0 Å². The van der Waals surface area contributed by atoms with Crippen molar-refractivity contribution in [2.24, 2.45) is 11.8 Å². The molecular weight excluding hydrogens is 264 g/mol. The van der Waals surface area contributed by atoms with Crippen LogP contribution in [0.5, 0.6) is 0 Å². The van der Waals surface area contributed by atoms with Crippen molar-refractivity contribution in [3.05, 3.63) is 17.3 Å². The molecule has 2 heterocycles. The van der Waals surface area contributed by atoms with Crippen molar-refractivity contribution < 1.29 is 4.79 Å². The van der Waals surface area contributed by atoms with E-state index < -0.39 is 0 Å². The Morgan fingerprint density at radius 3 is 2.86 bits per heavy atom. The van der Waals surface area contributed by atoms with Crippen LogP contribution in [0.1, 0.15) is 36.9 Å². The van der Waals surface area contributed by atoms with Gasteiger partial charge in [0.1, 0.15) is 0 Å². The highest BCUT2D eigenvalue weighted by Gasteiger charge is 2.31. The molecule has 1 saturated carbocycles. The number of carbonyl (C=O) groups excluding carboxylic acids is 1. The van der Waals surface area contributed by atoms with E-state index in [4.69, 9.17) is 0 Å². The first kappa shape index (κ1) is 13.0. The maximum absolute atomic E-state index is 11.8. The topological polar surface area (TPSA) is 58.1 Å².